The topological polar surface area (TPSA) is 52.6 Å². The van der Waals surface area contributed by atoms with Gasteiger partial charge in [0.1, 0.15) is 14.1 Å². The van der Waals surface area contributed by atoms with Gasteiger partial charge >= 0.3 is 11.9 Å². The van der Waals surface area contributed by atoms with Crippen molar-refractivity contribution >= 4 is 101 Å². The van der Waals surface area contributed by atoms with Crippen molar-refractivity contribution in [3.8, 4) is 0 Å². The van der Waals surface area contributed by atoms with Gasteiger partial charge in [0.15, 0.2) is 0 Å². The lowest BCUT2D eigenvalue weighted by molar-refractivity contribution is 0.0425. The molecule has 2 aromatic heterocycles. The summed E-state index contributed by atoms with van der Waals surface area (Å²) in [4.78, 5) is 25.8. The monoisotopic (exact) mass is 558 g/mol. The highest BCUT2D eigenvalue weighted by Gasteiger charge is 2.64. The van der Waals surface area contributed by atoms with Gasteiger partial charge < -0.3 is 9.47 Å². The first kappa shape index (κ1) is 23.2. The highest BCUT2D eigenvalue weighted by atomic mass is 35.5. The molecule has 2 atom stereocenters. The van der Waals surface area contributed by atoms with Crippen molar-refractivity contribution in [2.45, 2.75) is 4.33 Å². The molecule has 0 aliphatic heterocycles. The van der Waals surface area contributed by atoms with E-state index in [4.69, 9.17) is 55.9 Å². The van der Waals surface area contributed by atoms with Crippen LogP contribution >= 0.6 is 69.1 Å². The van der Waals surface area contributed by atoms with Crippen molar-refractivity contribution < 1.29 is 19.1 Å². The molecule has 0 amide bonds. The maximum atomic E-state index is 12.6. The molecule has 0 radical (unpaired) electrons. The molecule has 170 valence electrons. The fourth-order valence-corrected chi connectivity index (χ4v) is 7.21. The lowest BCUT2D eigenvalue weighted by Crippen LogP contribution is -2.10. The predicted octanol–water partition coefficient (Wildman–Crippen LogP) is 7.86. The fraction of sp³-hybridized carbons (Fsp3) is 0.217. The van der Waals surface area contributed by atoms with Crippen molar-refractivity contribution in [3.05, 3.63) is 68.3 Å². The van der Waals surface area contributed by atoms with Crippen LogP contribution in [0.15, 0.2) is 48.5 Å². The van der Waals surface area contributed by atoms with Crippen LogP contribution in [0.5, 0.6) is 0 Å². The Kier molecular flexibility index (Phi) is 6.27. The zero-order valence-electron chi connectivity index (χ0n) is 16.6. The Hall–Kier alpha value is -1.54. The van der Waals surface area contributed by atoms with Crippen molar-refractivity contribution in [1.29, 1.82) is 0 Å². The average Bonchev–Trinajstić information content (AvgIpc) is 3.05. The number of fused-ring (bicyclic) bond motifs is 2. The number of halogens is 4. The number of carbonyl (C=O) groups excluding carboxylic acids is 2. The number of esters is 2. The summed E-state index contributed by atoms with van der Waals surface area (Å²) in [7, 11) is 0. The van der Waals surface area contributed by atoms with Crippen LogP contribution in [0.2, 0.25) is 10.0 Å². The van der Waals surface area contributed by atoms with Crippen LogP contribution < -0.4 is 0 Å². The summed E-state index contributed by atoms with van der Waals surface area (Å²) in [5.74, 6) is -1.82. The largest absolute Gasteiger partial charge is 0.461 e. The number of carbonyl (C=O) groups is 2. The number of ether oxygens (including phenoxy) is 2. The predicted molar refractivity (Wildman–Crippen MR) is 136 cm³/mol. The van der Waals surface area contributed by atoms with E-state index in [1.165, 1.54) is 22.7 Å². The Morgan fingerprint density at radius 1 is 0.758 bits per heavy atom. The lowest BCUT2D eigenvalue weighted by atomic mass is 10.2. The van der Waals surface area contributed by atoms with Crippen LogP contribution in [-0.4, -0.2) is 29.5 Å². The van der Waals surface area contributed by atoms with E-state index in [0.717, 1.165) is 20.2 Å². The average molecular weight is 560 g/mol. The Morgan fingerprint density at radius 2 is 1.15 bits per heavy atom. The Balaban J connectivity index is 1.20. The highest BCUT2D eigenvalue weighted by Crippen LogP contribution is 2.59. The molecule has 2 aromatic carbocycles. The molecule has 0 N–H and O–H groups in total. The molecule has 2 heterocycles. The van der Waals surface area contributed by atoms with Gasteiger partial charge in [0.05, 0.1) is 23.3 Å². The van der Waals surface area contributed by atoms with Gasteiger partial charge in [0.2, 0.25) is 0 Å². The summed E-state index contributed by atoms with van der Waals surface area (Å²) >= 11 is 27.9. The van der Waals surface area contributed by atoms with Gasteiger partial charge in [-0.2, -0.15) is 0 Å². The SMILES string of the molecule is O=C(OC[C@@H]1[C@H](COC(=O)c2sc3ccccc3c2Cl)C1(Cl)Cl)c1sc2ccccc2c1Cl. The van der Waals surface area contributed by atoms with Crippen molar-refractivity contribution in [1.82, 2.24) is 0 Å². The summed E-state index contributed by atoms with van der Waals surface area (Å²) in [5, 5.41) is 2.34. The van der Waals surface area contributed by atoms with Crippen LogP contribution in [-0.2, 0) is 9.47 Å². The zero-order chi connectivity index (χ0) is 23.3. The molecule has 10 heteroatoms. The molecule has 1 fully saturated rings. The smallest absolute Gasteiger partial charge is 0.349 e. The molecule has 0 spiro atoms. The van der Waals surface area contributed by atoms with Crippen LogP contribution in [0.3, 0.4) is 0 Å². The van der Waals surface area contributed by atoms with E-state index in [0.29, 0.717) is 19.8 Å². The number of rotatable bonds is 6. The van der Waals surface area contributed by atoms with E-state index in [-0.39, 0.29) is 25.0 Å². The number of thiophene rings is 2. The molecule has 4 nitrogen and oxygen atoms in total. The number of benzene rings is 2. The molecule has 0 unspecified atom stereocenters. The Bertz CT molecular complexity index is 1290. The summed E-state index contributed by atoms with van der Waals surface area (Å²) in [6.45, 7) is -0.0233. The minimum Gasteiger partial charge on any atom is -0.461 e. The first-order valence-corrected chi connectivity index (χ1v) is 13.0. The van der Waals surface area contributed by atoms with Crippen LogP contribution in [0.4, 0.5) is 0 Å². The standard InChI is InChI=1S/C23H14Cl4O4S2/c24-17-11-5-1-3-7-15(11)32-19(17)21(28)30-9-13-14(23(13,26)27)10-31-22(29)20-18(25)12-6-2-4-8-16(12)33-20/h1-8,13-14H,9-10H2/t13-,14+. The number of alkyl halides is 2. The maximum Gasteiger partial charge on any atom is 0.349 e. The lowest BCUT2D eigenvalue weighted by Gasteiger charge is -2.04. The summed E-state index contributed by atoms with van der Waals surface area (Å²) in [6, 6.07) is 14.9. The van der Waals surface area contributed by atoms with E-state index in [1.807, 2.05) is 48.5 Å². The fourth-order valence-electron chi connectivity index (χ4n) is 3.67. The molecule has 1 saturated carbocycles. The van der Waals surface area contributed by atoms with E-state index in [1.54, 1.807) is 0 Å². The van der Waals surface area contributed by atoms with Crippen molar-refractivity contribution in [2.24, 2.45) is 11.8 Å². The summed E-state index contributed by atoms with van der Waals surface area (Å²) in [6.07, 6.45) is 0. The quantitative estimate of drug-likeness (QED) is 0.178. The first-order chi connectivity index (χ1) is 15.8. The third-order valence-electron chi connectivity index (χ3n) is 5.59. The molecule has 4 aromatic rings. The highest BCUT2D eigenvalue weighted by molar-refractivity contribution is 7.22. The molecular weight excluding hydrogens is 546 g/mol. The number of hydrogen-bond donors (Lipinski definition) is 0. The van der Waals surface area contributed by atoms with E-state index in [2.05, 4.69) is 0 Å². The van der Waals surface area contributed by atoms with Crippen LogP contribution in [0, 0.1) is 11.8 Å². The molecule has 33 heavy (non-hydrogen) atoms. The van der Waals surface area contributed by atoms with Gasteiger partial charge in [-0.3, -0.25) is 0 Å². The van der Waals surface area contributed by atoms with Gasteiger partial charge in [-0.1, -0.05) is 59.6 Å². The Labute approximate surface area is 216 Å². The maximum absolute atomic E-state index is 12.6. The van der Waals surface area contributed by atoms with Crippen molar-refractivity contribution in [2.75, 3.05) is 13.2 Å². The van der Waals surface area contributed by atoms with Gasteiger partial charge in [-0.05, 0) is 12.1 Å². The second kappa shape index (κ2) is 8.91. The molecule has 1 aliphatic rings. The molecular formula is C23H14Cl4O4S2. The second-order valence-corrected chi connectivity index (χ2v) is 11.9. The third kappa shape index (κ3) is 4.22. The van der Waals surface area contributed by atoms with Gasteiger partial charge in [-0.15, -0.1) is 45.9 Å². The van der Waals surface area contributed by atoms with Crippen LogP contribution in [0.25, 0.3) is 20.2 Å². The van der Waals surface area contributed by atoms with E-state index in [9.17, 15) is 9.59 Å². The summed E-state index contributed by atoms with van der Waals surface area (Å²) < 4.78 is 11.5. The van der Waals surface area contributed by atoms with Crippen LogP contribution in [0.1, 0.15) is 19.3 Å². The zero-order valence-corrected chi connectivity index (χ0v) is 21.3. The number of hydrogen-bond acceptors (Lipinski definition) is 6. The Morgan fingerprint density at radius 3 is 1.55 bits per heavy atom. The summed E-state index contributed by atoms with van der Waals surface area (Å²) in [5.41, 5.74) is 0. The minimum atomic E-state index is -1.16. The first-order valence-electron chi connectivity index (χ1n) is 9.85. The molecule has 5 rings (SSSR count). The minimum absolute atomic E-state index is 0.0116. The van der Waals surface area contributed by atoms with E-state index < -0.39 is 16.3 Å². The van der Waals surface area contributed by atoms with E-state index >= 15 is 0 Å². The van der Waals surface area contributed by atoms with Crippen molar-refractivity contribution in [3.63, 3.8) is 0 Å². The van der Waals surface area contributed by atoms with Gasteiger partial charge in [0.25, 0.3) is 0 Å². The normalized spacial score (nSPS) is 19.0. The second-order valence-electron chi connectivity index (χ2n) is 7.57. The molecule has 0 saturated heterocycles. The van der Waals surface area contributed by atoms with Gasteiger partial charge in [0, 0.05) is 32.0 Å². The third-order valence-corrected chi connectivity index (χ3v) is 10.0. The van der Waals surface area contributed by atoms with Gasteiger partial charge in [-0.25, -0.2) is 9.59 Å². The molecule has 1 aliphatic carbocycles. The molecule has 0 bridgehead atoms.